The number of nitrogen functional groups attached to an aromatic ring is 2. The summed E-state index contributed by atoms with van der Waals surface area (Å²) >= 11 is 0. The summed E-state index contributed by atoms with van der Waals surface area (Å²) < 4.78 is 5.44. The van der Waals surface area contributed by atoms with Crippen molar-refractivity contribution in [3.05, 3.63) is 36.1 Å². The first kappa shape index (κ1) is 9.65. The number of hydrogen-bond donors (Lipinski definition) is 2. The van der Waals surface area contributed by atoms with Crippen molar-refractivity contribution in [3.63, 3.8) is 0 Å². The van der Waals surface area contributed by atoms with Crippen molar-refractivity contribution in [2.75, 3.05) is 11.5 Å². The lowest BCUT2D eigenvalue weighted by Crippen LogP contribution is -1.91. The van der Waals surface area contributed by atoms with Gasteiger partial charge in [0.25, 0.3) is 0 Å². The van der Waals surface area contributed by atoms with Gasteiger partial charge in [-0.3, -0.25) is 0 Å². The van der Waals surface area contributed by atoms with E-state index in [1.54, 1.807) is 18.4 Å². The smallest absolute Gasteiger partial charge is 0.136 e. The molecule has 15 heavy (non-hydrogen) atoms. The van der Waals surface area contributed by atoms with E-state index in [-0.39, 0.29) is 0 Å². The van der Waals surface area contributed by atoms with Gasteiger partial charge in [0, 0.05) is 16.9 Å². The van der Waals surface area contributed by atoms with Crippen LogP contribution in [0.5, 0.6) is 0 Å². The Labute approximate surface area is 88.7 Å². The first-order valence-electron chi connectivity index (χ1n) is 4.93. The maximum absolute atomic E-state index is 5.86. The minimum absolute atomic E-state index is 0.682. The summed E-state index contributed by atoms with van der Waals surface area (Å²) in [5.74, 6) is 0.775. The molecule has 2 aromatic rings. The quantitative estimate of drug-likeness (QED) is 0.736. The van der Waals surface area contributed by atoms with Gasteiger partial charge in [-0.15, -0.1) is 0 Å². The molecule has 3 heteroatoms. The van der Waals surface area contributed by atoms with Gasteiger partial charge in [0.1, 0.15) is 5.76 Å². The second kappa shape index (κ2) is 3.69. The van der Waals surface area contributed by atoms with E-state index >= 15 is 0 Å². The number of benzene rings is 1. The number of furan rings is 1. The molecule has 0 saturated carbocycles. The minimum atomic E-state index is 0.682. The van der Waals surface area contributed by atoms with Crippen molar-refractivity contribution in [2.45, 2.75) is 13.3 Å². The normalized spacial score (nSPS) is 10.5. The fourth-order valence-electron chi connectivity index (χ4n) is 1.49. The van der Waals surface area contributed by atoms with Gasteiger partial charge in [-0.2, -0.15) is 0 Å². The highest BCUT2D eigenvalue weighted by Gasteiger charge is 2.07. The van der Waals surface area contributed by atoms with Gasteiger partial charge in [-0.1, -0.05) is 6.92 Å². The number of hydrogen-bond acceptors (Lipinski definition) is 3. The topological polar surface area (TPSA) is 65.2 Å². The van der Waals surface area contributed by atoms with Crippen LogP contribution in [0.1, 0.15) is 12.5 Å². The predicted molar refractivity (Wildman–Crippen MR) is 62.3 cm³/mol. The van der Waals surface area contributed by atoms with Crippen molar-refractivity contribution in [1.29, 1.82) is 0 Å². The third kappa shape index (κ3) is 1.81. The van der Waals surface area contributed by atoms with Gasteiger partial charge in [0.05, 0.1) is 6.26 Å². The molecule has 0 atom stereocenters. The van der Waals surface area contributed by atoms with Crippen LogP contribution in [-0.4, -0.2) is 0 Å². The summed E-state index contributed by atoms with van der Waals surface area (Å²) in [6.45, 7) is 2.08. The molecule has 0 bridgehead atoms. The number of nitrogens with two attached hydrogens (primary N) is 2. The third-order valence-electron chi connectivity index (χ3n) is 2.40. The van der Waals surface area contributed by atoms with E-state index in [2.05, 4.69) is 6.92 Å². The number of aryl methyl sites for hydroxylation is 1. The molecule has 1 heterocycles. The monoisotopic (exact) mass is 202 g/mol. The molecule has 0 spiro atoms. The Kier molecular flexibility index (Phi) is 2.37. The highest BCUT2D eigenvalue weighted by atomic mass is 16.3. The second-order valence-corrected chi connectivity index (χ2v) is 3.52. The standard InChI is InChI=1S/C12H14N2O/c1-2-8-5-12(15-7-8)10-6-9(13)3-4-11(10)14/h3-7H,2,13-14H2,1H3. The molecule has 0 aliphatic carbocycles. The molecule has 2 rings (SSSR count). The van der Waals surface area contributed by atoms with Gasteiger partial charge in [0.15, 0.2) is 0 Å². The zero-order valence-corrected chi connectivity index (χ0v) is 8.66. The molecule has 1 aromatic carbocycles. The molecule has 0 unspecified atom stereocenters. The Balaban J connectivity index is 2.48. The van der Waals surface area contributed by atoms with Crippen molar-refractivity contribution in [3.8, 4) is 11.3 Å². The molecule has 78 valence electrons. The molecule has 0 saturated heterocycles. The molecule has 3 nitrogen and oxygen atoms in total. The Morgan fingerprint density at radius 2 is 2.00 bits per heavy atom. The second-order valence-electron chi connectivity index (χ2n) is 3.52. The van der Waals surface area contributed by atoms with Crippen LogP contribution < -0.4 is 11.5 Å². The zero-order chi connectivity index (χ0) is 10.8. The summed E-state index contributed by atoms with van der Waals surface area (Å²) in [5.41, 5.74) is 14.9. The summed E-state index contributed by atoms with van der Waals surface area (Å²) in [6.07, 6.45) is 2.70. The zero-order valence-electron chi connectivity index (χ0n) is 8.66. The molecule has 0 amide bonds. The van der Waals surface area contributed by atoms with Crippen LogP contribution in [0.3, 0.4) is 0 Å². The van der Waals surface area contributed by atoms with Gasteiger partial charge in [-0.05, 0) is 36.2 Å². The van der Waals surface area contributed by atoms with Gasteiger partial charge < -0.3 is 15.9 Å². The van der Waals surface area contributed by atoms with Gasteiger partial charge in [-0.25, -0.2) is 0 Å². The first-order valence-corrected chi connectivity index (χ1v) is 4.93. The molecule has 4 N–H and O–H groups in total. The highest BCUT2D eigenvalue weighted by molar-refractivity contribution is 5.76. The predicted octanol–water partition coefficient (Wildman–Crippen LogP) is 2.67. The Morgan fingerprint density at radius 3 is 2.67 bits per heavy atom. The summed E-state index contributed by atoms with van der Waals surface area (Å²) in [7, 11) is 0. The molecule has 0 radical (unpaired) electrons. The SMILES string of the molecule is CCc1coc(-c2cc(N)ccc2N)c1. The first-order chi connectivity index (χ1) is 7.20. The van der Waals surface area contributed by atoms with Crippen LogP contribution in [-0.2, 0) is 6.42 Å². The van der Waals surface area contributed by atoms with Gasteiger partial charge in [0.2, 0.25) is 0 Å². The van der Waals surface area contributed by atoms with Crippen LogP contribution in [0.15, 0.2) is 34.9 Å². The molecule has 1 aromatic heterocycles. The lowest BCUT2D eigenvalue weighted by atomic mass is 10.1. The molecular weight excluding hydrogens is 188 g/mol. The van der Waals surface area contributed by atoms with Crippen LogP contribution >= 0.6 is 0 Å². The molecule has 0 aliphatic rings. The van der Waals surface area contributed by atoms with E-state index in [0.29, 0.717) is 11.4 Å². The van der Waals surface area contributed by atoms with Gasteiger partial charge >= 0.3 is 0 Å². The lowest BCUT2D eigenvalue weighted by Gasteiger charge is -2.02. The van der Waals surface area contributed by atoms with E-state index in [4.69, 9.17) is 15.9 Å². The molecule has 0 aliphatic heterocycles. The fourth-order valence-corrected chi connectivity index (χ4v) is 1.49. The number of anilines is 2. The lowest BCUT2D eigenvalue weighted by molar-refractivity contribution is 0.579. The average molecular weight is 202 g/mol. The summed E-state index contributed by atoms with van der Waals surface area (Å²) in [6, 6.07) is 7.39. The fraction of sp³-hybridized carbons (Fsp3) is 0.167. The third-order valence-corrected chi connectivity index (χ3v) is 2.40. The largest absolute Gasteiger partial charge is 0.464 e. The molecular formula is C12H14N2O. The van der Waals surface area contributed by atoms with E-state index in [9.17, 15) is 0 Å². The van der Waals surface area contributed by atoms with Crippen molar-refractivity contribution < 1.29 is 4.42 Å². The van der Waals surface area contributed by atoms with E-state index in [0.717, 1.165) is 23.3 Å². The Morgan fingerprint density at radius 1 is 1.20 bits per heavy atom. The van der Waals surface area contributed by atoms with E-state index in [1.165, 1.54) is 0 Å². The van der Waals surface area contributed by atoms with Crippen molar-refractivity contribution in [1.82, 2.24) is 0 Å². The van der Waals surface area contributed by atoms with E-state index < -0.39 is 0 Å². The summed E-state index contributed by atoms with van der Waals surface area (Å²) in [5, 5.41) is 0. The maximum atomic E-state index is 5.86. The highest BCUT2D eigenvalue weighted by Crippen LogP contribution is 2.29. The van der Waals surface area contributed by atoms with Crippen molar-refractivity contribution in [2.24, 2.45) is 0 Å². The summed E-state index contributed by atoms with van der Waals surface area (Å²) in [4.78, 5) is 0. The Bertz CT molecular complexity index is 474. The van der Waals surface area contributed by atoms with Crippen LogP contribution in [0.25, 0.3) is 11.3 Å². The maximum Gasteiger partial charge on any atom is 0.136 e. The van der Waals surface area contributed by atoms with E-state index in [1.807, 2.05) is 12.1 Å². The number of rotatable bonds is 2. The van der Waals surface area contributed by atoms with Crippen LogP contribution in [0.4, 0.5) is 11.4 Å². The van der Waals surface area contributed by atoms with Crippen molar-refractivity contribution >= 4 is 11.4 Å². The minimum Gasteiger partial charge on any atom is -0.464 e. The Hall–Kier alpha value is -1.90. The molecule has 0 fully saturated rings. The van der Waals surface area contributed by atoms with Crippen LogP contribution in [0, 0.1) is 0 Å². The van der Waals surface area contributed by atoms with Crippen LogP contribution in [0.2, 0.25) is 0 Å². The average Bonchev–Trinajstić information content (AvgIpc) is 2.70.